The van der Waals surface area contributed by atoms with Crippen molar-refractivity contribution in [2.45, 2.75) is 19.3 Å². The Hall–Kier alpha value is -7.16. The first-order valence-corrected chi connectivity index (χ1v) is 19.9. The topological polar surface area (TPSA) is 6.48 Å². The van der Waals surface area contributed by atoms with Crippen LogP contribution in [0.2, 0.25) is 0 Å². The molecule has 0 bridgehead atoms. The molecule has 0 saturated carbocycles. The van der Waals surface area contributed by atoms with Gasteiger partial charge in [-0.2, -0.15) is 0 Å². The van der Waals surface area contributed by atoms with Crippen molar-refractivity contribution in [1.29, 1.82) is 0 Å². The van der Waals surface area contributed by atoms with E-state index >= 15 is 0 Å². The molecule has 12 rings (SSSR count). The highest BCUT2D eigenvalue weighted by Crippen LogP contribution is 2.53. The van der Waals surface area contributed by atoms with Crippen molar-refractivity contribution in [2.75, 3.05) is 9.80 Å². The van der Waals surface area contributed by atoms with Crippen LogP contribution >= 0.6 is 0 Å². The number of benzene rings is 11. The first-order valence-electron chi connectivity index (χ1n) is 19.9. The molecular weight excluding hydrogens is 689 g/mol. The maximum absolute atomic E-state index is 2.48. The second-order valence-corrected chi connectivity index (χ2v) is 16.1. The van der Waals surface area contributed by atoms with Crippen molar-refractivity contribution in [2.24, 2.45) is 0 Å². The van der Waals surface area contributed by atoms with Gasteiger partial charge in [-0.15, -0.1) is 0 Å². The van der Waals surface area contributed by atoms with Crippen molar-refractivity contribution < 1.29 is 0 Å². The molecule has 2 nitrogen and oxygen atoms in total. The van der Waals surface area contributed by atoms with Crippen LogP contribution in [0.25, 0.3) is 64.6 Å². The van der Waals surface area contributed by atoms with Gasteiger partial charge in [0.05, 0.1) is 17.1 Å². The second-order valence-electron chi connectivity index (χ2n) is 16.1. The van der Waals surface area contributed by atoms with E-state index in [4.69, 9.17) is 0 Å². The van der Waals surface area contributed by atoms with Gasteiger partial charge in [-0.1, -0.05) is 153 Å². The van der Waals surface area contributed by atoms with Crippen LogP contribution in [0, 0.1) is 0 Å². The van der Waals surface area contributed by atoms with Gasteiger partial charge in [0, 0.05) is 38.6 Å². The van der Waals surface area contributed by atoms with E-state index in [-0.39, 0.29) is 5.41 Å². The Morgan fingerprint density at radius 3 is 1.51 bits per heavy atom. The van der Waals surface area contributed by atoms with Gasteiger partial charge in [-0.3, -0.25) is 0 Å². The molecule has 0 saturated heterocycles. The summed E-state index contributed by atoms with van der Waals surface area (Å²) in [5.41, 5.74) is 9.62. The third-order valence-corrected chi connectivity index (χ3v) is 12.7. The highest BCUT2D eigenvalue weighted by atomic mass is 15.2. The van der Waals surface area contributed by atoms with Crippen molar-refractivity contribution in [3.8, 4) is 0 Å². The fourth-order valence-corrected chi connectivity index (χ4v) is 10.1. The molecule has 11 aromatic carbocycles. The summed E-state index contributed by atoms with van der Waals surface area (Å²) in [4.78, 5) is 4.93. The largest absolute Gasteiger partial charge is 0.310 e. The molecule has 0 unspecified atom stereocenters. The quantitative estimate of drug-likeness (QED) is 0.157. The lowest BCUT2D eigenvalue weighted by molar-refractivity contribution is 0.663. The molecule has 0 atom stereocenters. The summed E-state index contributed by atoms with van der Waals surface area (Å²) < 4.78 is 0. The minimum atomic E-state index is -0.117. The fraction of sp³-hybridized carbons (Fsp3) is 0.0545. The number of fused-ring (bicyclic) bond motifs is 1. The Labute approximate surface area is 331 Å². The molecule has 0 spiro atoms. The van der Waals surface area contributed by atoms with Crippen LogP contribution in [-0.4, -0.2) is 0 Å². The highest BCUT2D eigenvalue weighted by Gasteiger charge is 2.35. The lowest BCUT2D eigenvalue weighted by Crippen LogP contribution is -2.17. The molecule has 0 fully saturated rings. The number of hydrogen-bond donors (Lipinski definition) is 0. The summed E-state index contributed by atoms with van der Waals surface area (Å²) in [6.07, 6.45) is 0. The van der Waals surface area contributed by atoms with E-state index < -0.39 is 0 Å². The van der Waals surface area contributed by atoms with Crippen molar-refractivity contribution in [3.05, 3.63) is 205 Å². The molecule has 0 amide bonds. The van der Waals surface area contributed by atoms with Crippen molar-refractivity contribution in [3.63, 3.8) is 0 Å². The molecule has 0 aromatic heterocycles. The molecule has 57 heavy (non-hydrogen) atoms. The smallest absolute Gasteiger partial charge is 0.0540 e. The highest BCUT2D eigenvalue weighted by molar-refractivity contribution is 6.28. The number of para-hydroxylation sites is 2. The molecule has 0 aliphatic heterocycles. The lowest BCUT2D eigenvalue weighted by atomic mass is 9.81. The minimum Gasteiger partial charge on any atom is -0.310 e. The van der Waals surface area contributed by atoms with Gasteiger partial charge in [-0.25, -0.2) is 0 Å². The predicted molar refractivity (Wildman–Crippen MR) is 244 cm³/mol. The first kappa shape index (κ1) is 32.1. The molecule has 268 valence electrons. The van der Waals surface area contributed by atoms with E-state index in [9.17, 15) is 0 Å². The Balaban J connectivity index is 1.12. The standard InChI is InChI=1S/C55H38N2/c1-55(2)46-21-11-15-36-23-24-39-33-42(34-47(55)54(39)53(36)46)56(40-16-5-3-6-17-40)49-31-27-37-26-30-45-50(32-28-38-25-29-44(49)51(37)52(38)45)57(41-18-7-4-8-19-41)48-22-12-14-35-13-9-10-20-43(35)48/h3-34H,1-2H3. The van der Waals surface area contributed by atoms with Crippen LogP contribution < -0.4 is 9.80 Å². The Morgan fingerprint density at radius 1 is 0.298 bits per heavy atom. The van der Waals surface area contributed by atoms with Gasteiger partial charge >= 0.3 is 0 Å². The normalized spacial score (nSPS) is 13.2. The van der Waals surface area contributed by atoms with E-state index in [1.165, 1.54) is 87.1 Å². The van der Waals surface area contributed by atoms with Crippen LogP contribution in [0.15, 0.2) is 194 Å². The molecular formula is C55H38N2. The summed E-state index contributed by atoms with van der Waals surface area (Å²) in [6, 6.07) is 71.9. The predicted octanol–water partition coefficient (Wildman–Crippen LogP) is 15.6. The van der Waals surface area contributed by atoms with Gasteiger partial charge in [0.1, 0.15) is 0 Å². The lowest BCUT2D eigenvalue weighted by Gasteiger charge is -2.30. The van der Waals surface area contributed by atoms with Crippen LogP contribution in [0.5, 0.6) is 0 Å². The zero-order chi connectivity index (χ0) is 37.8. The summed E-state index contributed by atoms with van der Waals surface area (Å²) in [5, 5.41) is 15.4. The Bertz CT molecular complexity index is 3380. The van der Waals surface area contributed by atoms with Crippen molar-refractivity contribution >= 4 is 98.8 Å². The molecule has 0 N–H and O–H groups in total. The third-order valence-electron chi connectivity index (χ3n) is 12.7. The summed E-state index contributed by atoms with van der Waals surface area (Å²) >= 11 is 0. The van der Waals surface area contributed by atoms with E-state index in [0.29, 0.717) is 0 Å². The fourth-order valence-electron chi connectivity index (χ4n) is 10.1. The summed E-state index contributed by atoms with van der Waals surface area (Å²) in [6.45, 7) is 4.77. The second kappa shape index (κ2) is 11.9. The molecule has 2 heteroatoms. The number of rotatable bonds is 6. The molecule has 0 heterocycles. The average Bonchev–Trinajstić information content (AvgIpc) is 3.50. The van der Waals surface area contributed by atoms with Crippen LogP contribution in [0.1, 0.15) is 25.0 Å². The molecule has 0 radical (unpaired) electrons. The van der Waals surface area contributed by atoms with E-state index in [1.54, 1.807) is 0 Å². The van der Waals surface area contributed by atoms with E-state index in [0.717, 1.165) is 22.7 Å². The number of anilines is 6. The van der Waals surface area contributed by atoms with Crippen LogP contribution in [-0.2, 0) is 5.41 Å². The van der Waals surface area contributed by atoms with Gasteiger partial charge < -0.3 is 9.80 Å². The minimum absolute atomic E-state index is 0.117. The van der Waals surface area contributed by atoms with Gasteiger partial charge in [0.15, 0.2) is 0 Å². The maximum atomic E-state index is 2.48. The molecule has 11 aromatic rings. The monoisotopic (exact) mass is 726 g/mol. The first-order chi connectivity index (χ1) is 28.0. The van der Waals surface area contributed by atoms with Crippen LogP contribution in [0.3, 0.4) is 0 Å². The molecule has 1 aliphatic rings. The zero-order valence-electron chi connectivity index (χ0n) is 31.9. The average molecular weight is 727 g/mol. The summed E-state index contributed by atoms with van der Waals surface area (Å²) in [5.74, 6) is 0. The van der Waals surface area contributed by atoms with Gasteiger partial charge in [0.25, 0.3) is 0 Å². The maximum Gasteiger partial charge on any atom is 0.0540 e. The van der Waals surface area contributed by atoms with Gasteiger partial charge in [0.2, 0.25) is 0 Å². The summed E-state index contributed by atoms with van der Waals surface area (Å²) in [7, 11) is 0. The molecule has 1 aliphatic carbocycles. The van der Waals surface area contributed by atoms with E-state index in [2.05, 4.69) is 218 Å². The third kappa shape index (κ3) is 4.59. The van der Waals surface area contributed by atoms with Crippen molar-refractivity contribution in [1.82, 2.24) is 0 Å². The Morgan fingerprint density at radius 2 is 0.789 bits per heavy atom. The number of nitrogens with zero attached hydrogens (tertiary/aromatic N) is 2. The Kier molecular flexibility index (Phi) is 6.72. The van der Waals surface area contributed by atoms with E-state index in [1.807, 2.05) is 0 Å². The van der Waals surface area contributed by atoms with Gasteiger partial charge in [-0.05, 0) is 114 Å². The SMILES string of the molecule is CC1(C)c2cccc3ccc4cc(N(c5ccccc5)c5ccc6ccc7c(N(c8ccccc8)c8cccc9ccccc89)ccc8ccc5c6c87)cc1c4c23. The number of hydrogen-bond acceptors (Lipinski definition) is 2. The zero-order valence-corrected chi connectivity index (χ0v) is 31.9. The van der Waals surface area contributed by atoms with Crippen LogP contribution in [0.4, 0.5) is 34.1 Å².